The van der Waals surface area contributed by atoms with E-state index in [2.05, 4.69) is 18.2 Å². The first kappa shape index (κ1) is 23.0. The van der Waals surface area contributed by atoms with Crippen molar-refractivity contribution in [2.24, 2.45) is 0 Å². The van der Waals surface area contributed by atoms with Gasteiger partial charge in [-0.1, -0.05) is 139 Å². The predicted octanol–water partition coefficient (Wildman–Crippen LogP) is 12.5. The van der Waals surface area contributed by atoms with Gasteiger partial charge in [0.1, 0.15) is 11.2 Å². The zero-order valence-electron chi connectivity index (χ0n) is 32.3. The van der Waals surface area contributed by atoms with Gasteiger partial charge in [-0.2, -0.15) is 0 Å². The molecule has 7 aromatic carbocycles. The lowest BCUT2D eigenvalue weighted by Gasteiger charge is -2.08. The van der Waals surface area contributed by atoms with Gasteiger partial charge in [-0.25, -0.2) is 15.0 Å². The Bertz CT molecular complexity index is 3200. The third-order valence-corrected chi connectivity index (χ3v) is 10.0. The molecular formula is C45H27N3OS. The van der Waals surface area contributed by atoms with Gasteiger partial charge in [0, 0.05) is 53.2 Å². The summed E-state index contributed by atoms with van der Waals surface area (Å²) in [5.41, 5.74) is 4.31. The van der Waals surface area contributed by atoms with E-state index < -0.39 is 0 Å². The molecule has 0 amide bonds. The molecule has 10 rings (SSSR count). The fourth-order valence-corrected chi connectivity index (χ4v) is 7.54. The molecule has 0 aliphatic carbocycles. The van der Waals surface area contributed by atoms with Gasteiger partial charge < -0.3 is 4.42 Å². The molecule has 4 nitrogen and oxygen atoms in total. The van der Waals surface area contributed by atoms with Crippen LogP contribution in [0.5, 0.6) is 0 Å². The molecule has 0 fully saturated rings. The summed E-state index contributed by atoms with van der Waals surface area (Å²) in [7, 11) is 0. The van der Waals surface area contributed by atoms with E-state index in [1.54, 1.807) is 11.3 Å². The second-order valence-corrected chi connectivity index (χ2v) is 13.0. The van der Waals surface area contributed by atoms with E-state index in [0.29, 0.717) is 22.8 Å². The van der Waals surface area contributed by atoms with Crippen LogP contribution >= 0.6 is 11.3 Å². The van der Waals surface area contributed by atoms with Crippen LogP contribution < -0.4 is 0 Å². The first-order valence-electron chi connectivity index (χ1n) is 19.1. The summed E-state index contributed by atoms with van der Waals surface area (Å²) in [6.45, 7) is 0. The van der Waals surface area contributed by atoms with Gasteiger partial charge in [-0.3, -0.25) is 0 Å². The van der Waals surface area contributed by atoms with E-state index >= 15 is 0 Å². The molecule has 234 valence electrons. The topological polar surface area (TPSA) is 51.8 Å². The van der Waals surface area contributed by atoms with Crippen LogP contribution in [0, 0.1) is 0 Å². The van der Waals surface area contributed by atoms with E-state index in [4.69, 9.17) is 23.5 Å². The quantitative estimate of drug-likeness (QED) is 0.184. The van der Waals surface area contributed by atoms with Crippen molar-refractivity contribution >= 4 is 53.4 Å². The summed E-state index contributed by atoms with van der Waals surface area (Å²) in [4.78, 5) is 14.5. The lowest BCUT2D eigenvalue weighted by Crippen LogP contribution is -2.00. The van der Waals surface area contributed by atoms with Crippen molar-refractivity contribution in [2.75, 3.05) is 0 Å². The molecule has 3 aromatic heterocycles. The molecule has 0 aliphatic heterocycles. The number of aromatic nitrogens is 3. The van der Waals surface area contributed by atoms with Gasteiger partial charge >= 0.3 is 0 Å². The predicted molar refractivity (Wildman–Crippen MR) is 207 cm³/mol. The molecule has 0 atom stereocenters. The Labute approximate surface area is 300 Å². The highest BCUT2D eigenvalue weighted by Crippen LogP contribution is 2.39. The van der Waals surface area contributed by atoms with Crippen LogP contribution in [-0.4, -0.2) is 15.0 Å². The van der Waals surface area contributed by atoms with Crippen LogP contribution in [0.15, 0.2) is 168 Å². The smallest absolute Gasteiger partial charge is 0.164 e. The molecule has 10 aromatic rings. The largest absolute Gasteiger partial charge is 0.455 e. The lowest BCUT2D eigenvalue weighted by atomic mass is 9.99. The number of nitrogens with zero attached hydrogens (tertiary/aromatic N) is 3. The summed E-state index contributed by atoms with van der Waals surface area (Å²) in [6, 6.07) is 39.4. The molecule has 0 N–H and O–H groups in total. The molecular weight excluding hydrogens is 631 g/mol. The Balaban J connectivity index is 1.19. The summed E-state index contributed by atoms with van der Waals surface area (Å²) in [5.74, 6) is 0.710. The van der Waals surface area contributed by atoms with E-state index in [0.717, 1.165) is 26.8 Å². The Morgan fingerprint density at radius 1 is 0.460 bits per heavy atom. The van der Waals surface area contributed by atoms with E-state index in [1.165, 1.54) is 10.1 Å². The standard InChI is InChI=1S/C45H27N3OS/c1-3-10-28(11-4-1)29-18-20-30(21-19-29)34-15-9-16-38-35-24-22-32(26-39(35)49-42(34)38)44-46-43(31-12-5-2-6-13-31)47-45(48-44)33-23-25-37-36-14-7-8-17-40(36)50-41(37)27-33/h1-27H/i9D,15D,16D,22D,24D,26D. The molecule has 0 radical (unpaired) electrons. The van der Waals surface area contributed by atoms with Gasteiger partial charge in [-0.05, 0) is 40.9 Å². The Morgan fingerprint density at radius 3 is 1.88 bits per heavy atom. The van der Waals surface area contributed by atoms with Crippen LogP contribution in [-0.2, 0) is 0 Å². The summed E-state index contributed by atoms with van der Waals surface area (Å²) < 4.78 is 63.3. The number of benzene rings is 7. The van der Waals surface area contributed by atoms with Gasteiger partial charge in [0.15, 0.2) is 17.5 Å². The van der Waals surface area contributed by atoms with Crippen molar-refractivity contribution < 1.29 is 12.6 Å². The van der Waals surface area contributed by atoms with Crippen molar-refractivity contribution in [2.45, 2.75) is 0 Å². The summed E-state index contributed by atoms with van der Waals surface area (Å²) in [6.07, 6.45) is 0. The fraction of sp³-hybridized carbons (Fsp3) is 0. The van der Waals surface area contributed by atoms with Crippen LogP contribution in [0.1, 0.15) is 8.22 Å². The second-order valence-electron chi connectivity index (χ2n) is 11.9. The normalized spacial score (nSPS) is 13.3. The molecule has 50 heavy (non-hydrogen) atoms. The van der Waals surface area contributed by atoms with Crippen LogP contribution in [0.25, 0.3) is 98.5 Å². The highest BCUT2D eigenvalue weighted by molar-refractivity contribution is 7.25. The number of hydrogen-bond donors (Lipinski definition) is 0. The molecule has 3 heterocycles. The van der Waals surface area contributed by atoms with Crippen molar-refractivity contribution in [3.8, 4) is 56.4 Å². The van der Waals surface area contributed by atoms with Crippen molar-refractivity contribution in [1.82, 2.24) is 15.0 Å². The Hall–Kier alpha value is -6.43. The Morgan fingerprint density at radius 2 is 1.08 bits per heavy atom. The monoisotopic (exact) mass is 663 g/mol. The summed E-state index contributed by atoms with van der Waals surface area (Å²) >= 11 is 1.67. The molecule has 0 aliphatic rings. The van der Waals surface area contributed by atoms with E-state index in [1.807, 2.05) is 109 Å². The minimum Gasteiger partial charge on any atom is -0.455 e. The van der Waals surface area contributed by atoms with Crippen molar-refractivity contribution in [3.05, 3.63) is 164 Å². The average Bonchev–Trinajstić information content (AvgIpc) is 3.82. The molecule has 5 heteroatoms. The summed E-state index contributed by atoms with van der Waals surface area (Å²) in [5, 5.41) is 2.46. The zero-order chi connectivity index (χ0) is 38.2. The number of thiophene rings is 1. The number of fused-ring (bicyclic) bond motifs is 6. The lowest BCUT2D eigenvalue weighted by molar-refractivity contribution is 0.670. The molecule has 0 spiro atoms. The number of para-hydroxylation sites is 1. The average molecular weight is 664 g/mol. The molecule has 0 saturated carbocycles. The van der Waals surface area contributed by atoms with Gasteiger partial charge in [-0.15, -0.1) is 11.3 Å². The first-order chi connectivity index (χ1) is 27.3. The SMILES string of the molecule is [2H]c1c([2H])c([2H])c2c(oc3c([2H])c(-c4nc(-c5ccccc5)nc(-c5ccc6c(c5)sc5ccccc56)n4)c([2H])c([2H])c32)c1-c1ccc(-c2ccccc2)cc1. The fourth-order valence-electron chi connectivity index (χ4n) is 6.39. The van der Waals surface area contributed by atoms with Gasteiger partial charge in [0.05, 0.1) is 8.22 Å². The molecule has 0 unspecified atom stereocenters. The second kappa shape index (κ2) is 11.6. The van der Waals surface area contributed by atoms with Crippen LogP contribution in [0.4, 0.5) is 0 Å². The maximum Gasteiger partial charge on any atom is 0.164 e. The van der Waals surface area contributed by atoms with Crippen molar-refractivity contribution in [3.63, 3.8) is 0 Å². The van der Waals surface area contributed by atoms with E-state index in [-0.39, 0.29) is 75.1 Å². The third kappa shape index (κ3) is 4.87. The van der Waals surface area contributed by atoms with Crippen LogP contribution in [0.2, 0.25) is 0 Å². The molecule has 0 bridgehead atoms. The first-order valence-corrected chi connectivity index (χ1v) is 16.9. The van der Waals surface area contributed by atoms with Gasteiger partial charge in [0.2, 0.25) is 0 Å². The van der Waals surface area contributed by atoms with Crippen molar-refractivity contribution in [1.29, 1.82) is 0 Å². The van der Waals surface area contributed by atoms with E-state index in [9.17, 15) is 4.11 Å². The maximum absolute atomic E-state index is 9.49. The van der Waals surface area contributed by atoms with Gasteiger partial charge in [0.25, 0.3) is 0 Å². The highest BCUT2D eigenvalue weighted by Gasteiger charge is 2.17. The molecule has 0 saturated heterocycles. The zero-order valence-corrected chi connectivity index (χ0v) is 27.1. The van der Waals surface area contributed by atoms with Crippen LogP contribution in [0.3, 0.4) is 0 Å². The Kier molecular flexibility index (Phi) is 5.35. The number of hydrogen-bond acceptors (Lipinski definition) is 5. The minimum absolute atomic E-state index is 0.0252. The maximum atomic E-state index is 9.49. The highest BCUT2D eigenvalue weighted by atomic mass is 32.1. The minimum atomic E-state index is -0.339. The third-order valence-electron chi connectivity index (χ3n) is 8.87. The number of rotatable bonds is 5. The number of furan rings is 1.